The molecule has 1 fully saturated rings. The highest BCUT2D eigenvalue weighted by Gasteiger charge is 2.65. The van der Waals surface area contributed by atoms with Crippen molar-refractivity contribution in [2.24, 2.45) is 22.7 Å². The van der Waals surface area contributed by atoms with E-state index >= 15 is 0 Å². The highest BCUT2D eigenvalue weighted by molar-refractivity contribution is 6.48. The molecule has 4 rings (SSSR count). The third kappa shape index (κ3) is 1.68. The Kier molecular flexibility index (Phi) is 2.82. The lowest BCUT2D eigenvalue weighted by Crippen LogP contribution is -2.48. The zero-order valence-electron chi connectivity index (χ0n) is 14.4. The van der Waals surface area contributed by atoms with E-state index in [1.807, 2.05) is 6.92 Å². The third-order valence-corrected chi connectivity index (χ3v) is 7.41. The van der Waals surface area contributed by atoms with E-state index in [4.69, 9.17) is 0 Å². The lowest BCUT2D eigenvalue weighted by molar-refractivity contribution is -0.140. The fraction of sp³-hybridized carbons (Fsp3) is 0.650. The van der Waals surface area contributed by atoms with Gasteiger partial charge in [-0.05, 0) is 51.4 Å². The van der Waals surface area contributed by atoms with Crippen molar-refractivity contribution >= 4 is 17.3 Å². The Balaban J connectivity index is 1.89. The van der Waals surface area contributed by atoms with Gasteiger partial charge in [0, 0.05) is 28.4 Å². The Morgan fingerprint density at radius 3 is 2.39 bits per heavy atom. The molecule has 0 aliphatic heterocycles. The molecule has 4 aliphatic rings. The number of ketones is 3. The fourth-order valence-corrected chi connectivity index (χ4v) is 5.43. The van der Waals surface area contributed by atoms with Gasteiger partial charge in [0.2, 0.25) is 11.6 Å². The second-order valence-corrected chi connectivity index (χ2v) is 8.51. The average molecular weight is 312 g/mol. The molecule has 0 aromatic rings. The van der Waals surface area contributed by atoms with Crippen LogP contribution in [0.4, 0.5) is 0 Å². The molecule has 3 heteroatoms. The Bertz CT molecular complexity index is 738. The van der Waals surface area contributed by atoms with E-state index in [1.165, 1.54) is 11.1 Å². The minimum Gasteiger partial charge on any atom is -0.295 e. The summed E-state index contributed by atoms with van der Waals surface area (Å²) in [6, 6.07) is 0. The van der Waals surface area contributed by atoms with Crippen LogP contribution in [-0.2, 0) is 14.4 Å². The molecule has 0 saturated heterocycles. The molecule has 4 atom stereocenters. The molecule has 1 saturated carbocycles. The first-order valence-electron chi connectivity index (χ1n) is 8.74. The maximum Gasteiger partial charge on any atom is 0.226 e. The predicted octanol–water partition coefficient (Wildman–Crippen LogP) is 3.58. The first-order chi connectivity index (χ1) is 10.7. The molecule has 0 heterocycles. The van der Waals surface area contributed by atoms with Gasteiger partial charge in [-0.3, -0.25) is 14.4 Å². The maximum absolute atomic E-state index is 13.0. The summed E-state index contributed by atoms with van der Waals surface area (Å²) in [5.41, 5.74) is 3.00. The summed E-state index contributed by atoms with van der Waals surface area (Å²) in [7, 11) is 0. The van der Waals surface area contributed by atoms with Crippen LogP contribution in [0.5, 0.6) is 0 Å². The molecular formula is C20H24O3. The summed E-state index contributed by atoms with van der Waals surface area (Å²) >= 11 is 0. The van der Waals surface area contributed by atoms with E-state index < -0.39 is 5.41 Å². The monoisotopic (exact) mass is 312 g/mol. The van der Waals surface area contributed by atoms with Crippen LogP contribution < -0.4 is 0 Å². The predicted molar refractivity (Wildman–Crippen MR) is 86.7 cm³/mol. The van der Waals surface area contributed by atoms with E-state index in [0.29, 0.717) is 24.0 Å². The van der Waals surface area contributed by atoms with E-state index in [2.05, 4.69) is 20.8 Å². The van der Waals surface area contributed by atoms with Gasteiger partial charge in [-0.1, -0.05) is 25.0 Å². The summed E-state index contributed by atoms with van der Waals surface area (Å²) in [6.07, 6.45) is 3.60. The van der Waals surface area contributed by atoms with Crippen molar-refractivity contribution in [3.05, 3.63) is 22.3 Å². The largest absolute Gasteiger partial charge is 0.295 e. The fourth-order valence-electron chi connectivity index (χ4n) is 5.43. The van der Waals surface area contributed by atoms with E-state index in [0.717, 1.165) is 19.3 Å². The SMILES string of the molecule is CC1=C(C)C2CC(=O)C3=C(C(=O)C(=O)C4(C3)C[C@@H]4C)[C@@]2(C)CC1. The van der Waals surface area contributed by atoms with Crippen molar-refractivity contribution in [2.75, 3.05) is 0 Å². The Labute approximate surface area is 137 Å². The molecule has 0 aromatic carbocycles. The van der Waals surface area contributed by atoms with Gasteiger partial charge in [0.05, 0.1) is 0 Å². The third-order valence-electron chi connectivity index (χ3n) is 7.41. The van der Waals surface area contributed by atoms with Gasteiger partial charge in [0.25, 0.3) is 0 Å². The van der Waals surface area contributed by atoms with Crippen molar-refractivity contribution in [3.8, 4) is 0 Å². The molecule has 4 aliphatic carbocycles. The highest BCUT2D eigenvalue weighted by Crippen LogP contribution is 2.64. The molecule has 3 nitrogen and oxygen atoms in total. The second kappa shape index (κ2) is 4.31. The summed E-state index contributed by atoms with van der Waals surface area (Å²) in [4.78, 5) is 38.5. The molecule has 122 valence electrons. The Hall–Kier alpha value is -1.51. The van der Waals surface area contributed by atoms with Crippen molar-refractivity contribution < 1.29 is 14.4 Å². The standard InChI is InChI=1S/C20H24O3/c1-10-5-6-19(4)14(12(10)3)7-15(21)13-9-20(8-11(20)2)18(23)17(22)16(13)19/h11,14H,5-9H2,1-4H3/t11-,14?,19-,20?/m0/s1. The van der Waals surface area contributed by atoms with Crippen LogP contribution >= 0.6 is 0 Å². The van der Waals surface area contributed by atoms with Crippen LogP contribution in [-0.4, -0.2) is 17.3 Å². The summed E-state index contributed by atoms with van der Waals surface area (Å²) in [6.45, 7) is 8.34. The number of allylic oxidation sites excluding steroid dienone is 4. The minimum atomic E-state index is -0.537. The Morgan fingerprint density at radius 2 is 1.78 bits per heavy atom. The topological polar surface area (TPSA) is 51.2 Å². The Morgan fingerprint density at radius 1 is 1.13 bits per heavy atom. The van der Waals surface area contributed by atoms with Gasteiger partial charge in [-0.2, -0.15) is 0 Å². The number of hydrogen-bond donors (Lipinski definition) is 0. The van der Waals surface area contributed by atoms with Crippen molar-refractivity contribution in [1.29, 1.82) is 0 Å². The van der Waals surface area contributed by atoms with Gasteiger partial charge in [-0.25, -0.2) is 0 Å². The number of fused-ring (bicyclic) bond motifs is 2. The first kappa shape index (κ1) is 15.0. The van der Waals surface area contributed by atoms with E-state index in [1.54, 1.807) is 0 Å². The molecule has 2 unspecified atom stereocenters. The summed E-state index contributed by atoms with van der Waals surface area (Å²) in [5, 5.41) is 0. The van der Waals surface area contributed by atoms with E-state index in [9.17, 15) is 14.4 Å². The van der Waals surface area contributed by atoms with Gasteiger partial charge < -0.3 is 0 Å². The van der Waals surface area contributed by atoms with Gasteiger partial charge in [0.15, 0.2) is 5.78 Å². The molecule has 0 bridgehead atoms. The van der Waals surface area contributed by atoms with Crippen molar-refractivity contribution in [3.63, 3.8) is 0 Å². The lowest BCUT2D eigenvalue weighted by Gasteiger charge is -2.49. The molecule has 1 spiro atoms. The summed E-state index contributed by atoms with van der Waals surface area (Å²) in [5.74, 6) is -0.131. The lowest BCUT2D eigenvalue weighted by atomic mass is 9.53. The van der Waals surface area contributed by atoms with Crippen molar-refractivity contribution in [2.45, 2.75) is 59.8 Å². The van der Waals surface area contributed by atoms with Crippen LogP contribution in [0.15, 0.2) is 22.3 Å². The molecule has 0 N–H and O–H groups in total. The van der Waals surface area contributed by atoms with Gasteiger partial charge >= 0.3 is 0 Å². The van der Waals surface area contributed by atoms with Crippen LogP contribution in [0.3, 0.4) is 0 Å². The molecule has 0 aromatic heterocycles. The number of carbonyl (C=O) groups is 3. The van der Waals surface area contributed by atoms with Gasteiger partial charge in [0.1, 0.15) is 0 Å². The molecule has 0 radical (unpaired) electrons. The van der Waals surface area contributed by atoms with Gasteiger partial charge in [-0.15, -0.1) is 0 Å². The van der Waals surface area contributed by atoms with Crippen LogP contribution in [0, 0.1) is 22.7 Å². The minimum absolute atomic E-state index is 0.0879. The number of Topliss-reactive ketones (excluding diaryl/α,β-unsaturated/α-hetero) is 3. The van der Waals surface area contributed by atoms with E-state index in [-0.39, 0.29) is 34.6 Å². The highest BCUT2D eigenvalue weighted by atomic mass is 16.2. The number of carbonyl (C=O) groups excluding carboxylic acids is 3. The quantitative estimate of drug-likeness (QED) is 0.507. The first-order valence-corrected chi connectivity index (χ1v) is 8.74. The average Bonchev–Trinajstić information content (AvgIpc) is 3.14. The molecular weight excluding hydrogens is 288 g/mol. The zero-order valence-corrected chi connectivity index (χ0v) is 14.4. The second-order valence-electron chi connectivity index (χ2n) is 8.51. The summed E-state index contributed by atoms with van der Waals surface area (Å²) < 4.78 is 0. The van der Waals surface area contributed by atoms with Crippen molar-refractivity contribution in [1.82, 2.24) is 0 Å². The maximum atomic E-state index is 13.0. The molecule has 0 amide bonds. The smallest absolute Gasteiger partial charge is 0.226 e. The number of hydrogen-bond acceptors (Lipinski definition) is 3. The van der Waals surface area contributed by atoms with Crippen LogP contribution in [0.1, 0.15) is 59.8 Å². The van der Waals surface area contributed by atoms with Crippen LogP contribution in [0.2, 0.25) is 0 Å². The molecule has 23 heavy (non-hydrogen) atoms. The zero-order chi connectivity index (χ0) is 16.7. The van der Waals surface area contributed by atoms with Crippen LogP contribution in [0.25, 0.3) is 0 Å². The normalized spacial score (nSPS) is 43.0. The number of rotatable bonds is 0.